The third-order valence-electron chi connectivity index (χ3n) is 7.23. The number of quaternary nitrogens is 1. The number of nitrogens with zero attached hydrogens (tertiary/aromatic N) is 1. The molecule has 4 nitrogen and oxygen atoms in total. The SMILES string of the molecule is CC.CCC1CC[NH+](Cc2cc(C(O)(c3ccccc3)c3ccccc3)no2)CC1Sc1cccc(F)c1. The molecule has 2 heterocycles. The monoisotopic (exact) mass is 533 g/mol. The average Bonchev–Trinajstić information content (AvgIpc) is 3.44. The molecular formula is C32H38FN2O2S+. The number of likely N-dealkylation sites (tertiary alicyclic amines) is 1. The van der Waals surface area contributed by atoms with Crippen molar-refractivity contribution < 1.29 is 18.9 Å². The molecule has 0 spiro atoms. The lowest BCUT2D eigenvalue weighted by Crippen LogP contribution is -3.13. The molecule has 1 fully saturated rings. The Morgan fingerprint density at radius 2 is 1.63 bits per heavy atom. The highest BCUT2D eigenvalue weighted by Gasteiger charge is 2.38. The second-order valence-electron chi connectivity index (χ2n) is 9.57. The molecule has 5 rings (SSSR count). The zero-order valence-electron chi connectivity index (χ0n) is 22.4. The minimum Gasteiger partial charge on any atom is -0.374 e. The van der Waals surface area contributed by atoms with Crippen LogP contribution in [-0.2, 0) is 12.1 Å². The Kier molecular flexibility index (Phi) is 9.78. The van der Waals surface area contributed by atoms with Gasteiger partial charge in [-0.05, 0) is 35.2 Å². The highest BCUT2D eigenvalue weighted by molar-refractivity contribution is 8.00. The van der Waals surface area contributed by atoms with E-state index in [1.807, 2.05) is 86.6 Å². The predicted molar refractivity (Wildman–Crippen MR) is 152 cm³/mol. The van der Waals surface area contributed by atoms with Crippen LogP contribution in [0.4, 0.5) is 4.39 Å². The Morgan fingerprint density at radius 1 is 0.974 bits per heavy atom. The number of benzene rings is 3. The third kappa shape index (κ3) is 6.37. The number of aromatic nitrogens is 1. The molecule has 3 unspecified atom stereocenters. The van der Waals surface area contributed by atoms with Crippen LogP contribution in [0, 0.1) is 11.7 Å². The van der Waals surface area contributed by atoms with Gasteiger partial charge in [0.05, 0.1) is 18.3 Å². The zero-order valence-corrected chi connectivity index (χ0v) is 23.3. The van der Waals surface area contributed by atoms with Crippen molar-refractivity contribution in [3.05, 3.63) is 119 Å². The van der Waals surface area contributed by atoms with Crippen LogP contribution in [0.2, 0.25) is 0 Å². The Morgan fingerprint density at radius 3 is 2.24 bits per heavy atom. The highest BCUT2D eigenvalue weighted by Crippen LogP contribution is 2.36. The van der Waals surface area contributed by atoms with E-state index in [2.05, 4.69) is 12.1 Å². The van der Waals surface area contributed by atoms with E-state index in [-0.39, 0.29) is 5.82 Å². The predicted octanol–water partition coefficient (Wildman–Crippen LogP) is 6.10. The number of rotatable bonds is 8. The molecule has 1 saturated heterocycles. The maximum Gasteiger partial charge on any atom is 0.191 e. The van der Waals surface area contributed by atoms with Crippen molar-refractivity contribution in [3.8, 4) is 0 Å². The number of aliphatic hydroxyl groups is 1. The number of hydrogen-bond acceptors (Lipinski definition) is 4. The summed E-state index contributed by atoms with van der Waals surface area (Å²) in [5.41, 5.74) is 0.589. The van der Waals surface area contributed by atoms with Gasteiger partial charge in [-0.1, -0.05) is 99.1 Å². The smallest absolute Gasteiger partial charge is 0.191 e. The Hall–Kier alpha value is -2.93. The van der Waals surface area contributed by atoms with Crippen LogP contribution >= 0.6 is 11.8 Å². The second kappa shape index (κ2) is 13.2. The van der Waals surface area contributed by atoms with Gasteiger partial charge < -0.3 is 14.5 Å². The first kappa shape index (κ1) is 28.1. The maximum atomic E-state index is 13.8. The summed E-state index contributed by atoms with van der Waals surface area (Å²) in [5.74, 6) is 1.18. The molecule has 0 radical (unpaired) electrons. The third-order valence-corrected chi connectivity index (χ3v) is 8.61. The number of thioether (sulfide) groups is 1. The van der Waals surface area contributed by atoms with Gasteiger partial charge >= 0.3 is 0 Å². The van der Waals surface area contributed by atoms with Crippen molar-refractivity contribution in [2.24, 2.45) is 5.92 Å². The van der Waals surface area contributed by atoms with Gasteiger partial charge in [0.1, 0.15) is 18.1 Å². The summed E-state index contributed by atoms with van der Waals surface area (Å²) in [5, 5.41) is 16.7. The minimum absolute atomic E-state index is 0.188. The largest absolute Gasteiger partial charge is 0.374 e. The van der Waals surface area contributed by atoms with Crippen LogP contribution in [0.5, 0.6) is 0 Å². The Balaban J connectivity index is 0.00000164. The molecule has 1 aliphatic heterocycles. The standard InChI is InChI=1S/C30H31FN2O2S.C2H6/c1-2-22-16-17-33(21-28(22)36-27-15-9-14-25(31)18-27)20-26-19-29(32-35-26)30(34,23-10-5-3-6-11-23)24-12-7-4-8-13-24;1-2/h3-15,18-19,22,28,34H,2,16-17,20-21H2,1H3;1-2H3/p+1. The van der Waals surface area contributed by atoms with E-state index in [0.29, 0.717) is 23.4 Å². The zero-order chi connectivity index (χ0) is 27.0. The van der Waals surface area contributed by atoms with E-state index in [1.54, 1.807) is 23.9 Å². The Labute approximate surface area is 229 Å². The minimum atomic E-state index is -1.40. The quantitative estimate of drug-likeness (QED) is 0.287. The second-order valence-corrected chi connectivity index (χ2v) is 10.9. The van der Waals surface area contributed by atoms with Crippen molar-refractivity contribution in [2.75, 3.05) is 13.1 Å². The van der Waals surface area contributed by atoms with Crippen molar-refractivity contribution in [1.82, 2.24) is 5.16 Å². The van der Waals surface area contributed by atoms with Gasteiger partial charge in [0.15, 0.2) is 11.4 Å². The molecule has 3 aromatic carbocycles. The van der Waals surface area contributed by atoms with Crippen molar-refractivity contribution >= 4 is 11.8 Å². The fourth-order valence-corrected chi connectivity index (χ4v) is 6.77. The number of halogens is 1. The summed E-state index contributed by atoms with van der Waals surface area (Å²) in [6, 6.07) is 28.0. The number of hydrogen-bond donors (Lipinski definition) is 2. The lowest BCUT2D eigenvalue weighted by Gasteiger charge is -2.35. The van der Waals surface area contributed by atoms with Crippen LogP contribution < -0.4 is 4.90 Å². The molecule has 3 atom stereocenters. The van der Waals surface area contributed by atoms with Gasteiger partial charge in [-0.25, -0.2) is 4.39 Å². The van der Waals surface area contributed by atoms with Crippen LogP contribution in [0.15, 0.2) is 100 Å². The summed E-state index contributed by atoms with van der Waals surface area (Å²) in [4.78, 5) is 2.40. The van der Waals surface area contributed by atoms with Gasteiger partial charge in [-0.15, -0.1) is 11.8 Å². The van der Waals surface area contributed by atoms with Gasteiger partial charge in [-0.3, -0.25) is 0 Å². The molecule has 38 heavy (non-hydrogen) atoms. The van der Waals surface area contributed by atoms with Gasteiger partial charge in [-0.2, -0.15) is 0 Å². The molecular weight excluding hydrogens is 495 g/mol. The molecule has 0 amide bonds. The lowest BCUT2D eigenvalue weighted by atomic mass is 9.83. The van der Waals surface area contributed by atoms with E-state index < -0.39 is 5.60 Å². The van der Waals surface area contributed by atoms with Gasteiger partial charge in [0, 0.05) is 17.4 Å². The summed E-state index contributed by atoms with van der Waals surface area (Å²) >= 11 is 1.78. The van der Waals surface area contributed by atoms with E-state index in [1.165, 1.54) is 11.0 Å². The molecule has 6 heteroatoms. The van der Waals surface area contributed by atoms with Gasteiger partial charge in [0.2, 0.25) is 0 Å². The molecule has 0 bridgehead atoms. The first-order chi connectivity index (χ1) is 18.6. The van der Waals surface area contributed by atoms with E-state index >= 15 is 0 Å². The molecule has 4 aromatic rings. The summed E-state index contributed by atoms with van der Waals surface area (Å²) in [6.45, 7) is 8.96. The molecule has 1 aliphatic rings. The van der Waals surface area contributed by atoms with Crippen molar-refractivity contribution in [1.29, 1.82) is 0 Å². The van der Waals surface area contributed by atoms with Gasteiger partial charge in [0.25, 0.3) is 0 Å². The maximum absolute atomic E-state index is 13.8. The summed E-state index contributed by atoms with van der Waals surface area (Å²) in [6.07, 6.45) is 2.24. The van der Waals surface area contributed by atoms with Crippen LogP contribution in [-0.4, -0.2) is 28.6 Å². The molecule has 200 valence electrons. The molecule has 1 aromatic heterocycles. The van der Waals surface area contributed by atoms with Crippen LogP contribution in [0.25, 0.3) is 0 Å². The Bertz CT molecular complexity index is 1230. The number of nitrogens with one attached hydrogen (secondary N) is 1. The van der Waals surface area contributed by atoms with Crippen molar-refractivity contribution in [2.45, 2.75) is 55.9 Å². The van der Waals surface area contributed by atoms with Crippen LogP contribution in [0.3, 0.4) is 0 Å². The first-order valence-corrected chi connectivity index (χ1v) is 14.5. The topological polar surface area (TPSA) is 50.7 Å². The van der Waals surface area contributed by atoms with E-state index in [0.717, 1.165) is 47.7 Å². The highest BCUT2D eigenvalue weighted by atomic mass is 32.2. The fraction of sp³-hybridized carbons (Fsp3) is 0.344. The van der Waals surface area contributed by atoms with Crippen LogP contribution in [0.1, 0.15) is 56.2 Å². The number of piperidine rings is 1. The normalized spacial score (nSPS) is 19.4. The molecule has 0 saturated carbocycles. The van der Waals surface area contributed by atoms with Crippen molar-refractivity contribution in [3.63, 3.8) is 0 Å². The van der Waals surface area contributed by atoms with E-state index in [9.17, 15) is 9.50 Å². The summed E-state index contributed by atoms with van der Waals surface area (Å²) in [7, 11) is 0. The average molecular weight is 534 g/mol. The lowest BCUT2D eigenvalue weighted by molar-refractivity contribution is -0.919. The first-order valence-electron chi connectivity index (χ1n) is 13.6. The molecule has 0 aliphatic carbocycles. The summed E-state index contributed by atoms with van der Waals surface area (Å²) < 4.78 is 19.5. The fourth-order valence-electron chi connectivity index (χ4n) is 5.24. The molecule has 2 N–H and O–H groups in total. The van der Waals surface area contributed by atoms with E-state index in [4.69, 9.17) is 4.52 Å².